The van der Waals surface area contributed by atoms with Crippen LogP contribution in [0, 0.1) is 5.92 Å². The quantitative estimate of drug-likeness (QED) is 0.794. The number of benzene rings is 1. The van der Waals surface area contributed by atoms with Crippen LogP contribution in [0.4, 0.5) is 18.0 Å². The van der Waals surface area contributed by atoms with Gasteiger partial charge in [-0.2, -0.15) is 13.2 Å². The minimum absolute atomic E-state index is 0.0573. The van der Waals surface area contributed by atoms with Crippen molar-refractivity contribution in [1.29, 1.82) is 0 Å². The lowest BCUT2D eigenvalue weighted by Gasteiger charge is -2.30. The zero-order valence-electron chi connectivity index (χ0n) is 12.7. The first kappa shape index (κ1) is 17.6. The molecule has 0 unspecified atom stereocenters. The van der Waals surface area contributed by atoms with Gasteiger partial charge >= 0.3 is 12.2 Å². The Labute approximate surface area is 133 Å². The van der Waals surface area contributed by atoms with Crippen molar-refractivity contribution in [3.05, 3.63) is 35.4 Å². The molecule has 1 fully saturated rings. The number of halogens is 3. The molecule has 2 amide bonds. The van der Waals surface area contributed by atoms with Crippen LogP contribution in [-0.2, 0) is 13.2 Å². The molecule has 0 spiro atoms. The molecule has 0 heterocycles. The highest BCUT2D eigenvalue weighted by Crippen LogP contribution is 2.37. The molecule has 7 heteroatoms. The Morgan fingerprint density at radius 1 is 1.13 bits per heavy atom. The Bertz CT molecular complexity index is 526. The van der Waals surface area contributed by atoms with Crippen molar-refractivity contribution >= 4 is 6.03 Å². The average molecular weight is 330 g/mol. The second-order valence-electron chi connectivity index (χ2n) is 5.84. The van der Waals surface area contributed by atoms with Gasteiger partial charge in [0.2, 0.25) is 0 Å². The summed E-state index contributed by atoms with van der Waals surface area (Å²) in [5, 5.41) is 14.6. The van der Waals surface area contributed by atoms with E-state index in [2.05, 4.69) is 10.6 Å². The molecule has 0 saturated heterocycles. The molecular weight excluding hydrogens is 309 g/mol. The van der Waals surface area contributed by atoms with E-state index in [9.17, 15) is 23.1 Å². The molecule has 3 N–H and O–H groups in total. The molecule has 0 bridgehead atoms. The second-order valence-corrected chi connectivity index (χ2v) is 5.84. The number of hydrogen-bond donors (Lipinski definition) is 3. The maximum Gasteiger partial charge on any atom is 0.391 e. The smallest absolute Gasteiger partial charge is 0.391 e. The molecule has 1 aromatic rings. The summed E-state index contributed by atoms with van der Waals surface area (Å²) >= 11 is 0. The minimum Gasteiger partial charge on any atom is -0.392 e. The van der Waals surface area contributed by atoms with Crippen molar-refractivity contribution in [1.82, 2.24) is 10.6 Å². The molecule has 1 saturated carbocycles. The lowest BCUT2D eigenvalue weighted by Crippen LogP contribution is -2.44. The summed E-state index contributed by atoms with van der Waals surface area (Å²) in [6.07, 6.45) is -3.35. The predicted octanol–water partition coefficient (Wildman–Crippen LogP) is 3.10. The van der Waals surface area contributed by atoms with Crippen LogP contribution < -0.4 is 10.6 Å². The summed E-state index contributed by atoms with van der Waals surface area (Å²) < 4.78 is 37.8. The van der Waals surface area contributed by atoms with Crippen molar-refractivity contribution in [3.8, 4) is 0 Å². The van der Waals surface area contributed by atoms with E-state index < -0.39 is 18.1 Å². The monoisotopic (exact) mass is 330 g/mol. The van der Waals surface area contributed by atoms with E-state index in [1.54, 1.807) is 18.2 Å². The van der Waals surface area contributed by atoms with Crippen LogP contribution in [0.25, 0.3) is 0 Å². The van der Waals surface area contributed by atoms with E-state index in [0.717, 1.165) is 11.1 Å². The molecule has 0 atom stereocenters. The van der Waals surface area contributed by atoms with Crippen LogP contribution in [0.3, 0.4) is 0 Å². The normalized spacial score (nSPS) is 21.7. The van der Waals surface area contributed by atoms with Gasteiger partial charge in [-0.1, -0.05) is 24.3 Å². The number of nitrogens with one attached hydrogen (secondary N) is 2. The molecule has 2 rings (SSSR count). The number of aliphatic hydroxyl groups excluding tert-OH is 1. The number of carbonyl (C=O) groups is 1. The average Bonchev–Trinajstić information content (AvgIpc) is 2.53. The molecule has 0 radical (unpaired) electrons. The molecule has 0 aromatic heterocycles. The number of amides is 2. The lowest BCUT2D eigenvalue weighted by atomic mass is 9.86. The van der Waals surface area contributed by atoms with E-state index >= 15 is 0 Å². The molecule has 1 aromatic carbocycles. The van der Waals surface area contributed by atoms with Crippen molar-refractivity contribution in [2.75, 3.05) is 0 Å². The van der Waals surface area contributed by atoms with Gasteiger partial charge in [0.1, 0.15) is 0 Å². The summed E-state index contributed by atoms with van der Waals surface area (Å²) in [4.78, 5) is 11.9. The zero-order valence-corrected chi connectivity index (χ0v) is 12.7. The standard InChI is InChI=1S/C16H21F3N2O2/c17-16(18,19)13-5-7-14(8-6-13)21-15(23)20-9-11-3-1-2-4-12(11)10-22/h1-4,13-14,22H,5-10H2,(H2,20,21,23). The summed E-state index contributed by atoms with van der Waals surface area (Å²) in [5.41, 5.74) is 1.55. The molecule has 0 aliphatic heterocycles. The number of hydrogen-bond acceptors (Lipinski definition) is 2. The topological polar surface area (TPSA) is 61.4 Å². The maximum absolute atomic E-state index is 12.6. The molecule has 1 aliphatic rings. The molecule has 4 nitrogen and oxygen atoms in total. The Kier molecular flexibility index (Phi) is 5.87. The first-order valence-corrected chi connectivity index (χ1v) is 7.69. The molecule has 23 heavy (non-hydrogen) atoms. The van der Waals surface area contributed by atoms with E-state index in [1.807, 2.05) is 6.07 Å². The van der Waals surface area contributed by atoms with Crippen molar-refractivity contribution in [2.24, 2.45) is 5.92 Å². The second kappa shape index (κ2) is 7.68. The van der Waals surface area contributed by atoms with Gasteiger partial charge < -0.3 is 15.7 Å². The first-order valence-electron chi connectivity index (χ1n) is 7.69. The Morgan fingerprint density at radius 2 is 1.74 bits per heavy atom. The van der Waals surface area contributed by atoms with Gasteiger partial charge in [-0.3, -0.25) is 0 Å². The number of alkyl halides is 3. The maximum atomic E-state index is 12.6. The van der Waals surface area contributed by atoms with Crippen LogP contribution in [0.5, 0.6) is 0 Å². The third-order valence-corrected chi connectivity index (χ3v) is 4.25. The number of aliphatic hydroxyl groups is 1. The van der Waals surface area contributed by atoms with Gasteiger partial charge in [0.05, 0.1) is 12.5 Å². The van der Waals surface area contributed by atoms with Crippen molar-refractivity contribution in [2.45, 2.75) is 51.1 Å². The van der Waals surface area contributed by atoms with Gasteiger partial charge in [0, 0.05) is 12.6 Å². The Morgan fingerprint density at radius 3 is 2.30 bits per heavy atom. The van der Waals surface area contributed by atoms with Crippen LogP contribution in [0.2, 0.25) is 0 Å². The Hall–Kier alpha value is -1.76. The SMILES string of the molecule is O=C(NCc1ccccc1CO)NC1CCC(C(F)(F)F)CC1. The van der Waals surface area contributed by atoms with E-state index in [-0.39, 0.29) is 32.0 Å². The summed E-state index contributed by atoms with van der Waals surface area (Å²) in [6, 6.07) is 6.57. The highest BCUT2D eigenvalue weighted by atomic mass is 19.4. The minimum atomic E-state index is -4.14. The number of urea groups is 1. The van der Waals surface area contributed by atoms with Crippen LogP contribution >= 0.6 is 0 Å². The van der Waals surface area contributed by atoms with Gasteiger partial charge in [-0.05, 0) is 36.8 Å². The largest absolute Gasteiger partial charge is 0.392 e. The first-order chi connectivity index (χ1) is 10.9. The summed E-state index contributed by atoms with van der Waals surface area (Å²) in [6.45, 7) is 0.154. The molecule has 1 aliphatic carbocycles. The van der Waals surface area contributed by atoms with Crippen LogP contribution in [-0.4, -0.2) is 23.4 Å². The highest BCUT2D eigenvalue weighted by molar-refractivity contribution is 5.74. The Balaban J connectivity index is 1.76. The van der Waals surface area contributed by atoms with E-state index in [1.165, 1.54) is 0 Å². The lowest BCUT2D eigenvalue weighted by molar-refractivity contribution is -0.182. The fourth-order valence-electron chi connectivity index (χ4n) is 2.86. The third-order valence-electron chi connectivity index (χ3n) is 4.25. The molecular formula is C16H21F3N2O2. The van der Waals surface area contributed by atoms with E-state index in [4.69, 9.17) is 0 Å². The third kappa shape index (κ3) is 5.13. The fourth-order valence-corrected chi connectivity index (χ4v) is 2.86. The van der Waals surface area contributed by atoms with Crippen molar-refractivity contribution < 1.29 is 23.1 Å². The van der Waals surface area contributed by atoms with Crippen LogP contribution in [0.15, 0.2) is 24.3 Å². The predicted molar refractivity (Wildman–Crippen MR) is 79.5 cm³/mol. The van der Waals surface area contributed by atoms with Gasteiger partial charge in [0.25, 0.3) is 0 Å². The highest BCUT2D eigenvalue weighted by Gasteiger charge is 2.41. The summed E-state index contributed by atoms with van der Waals surface area (Å²) in [7, 11) is 0. The zero-order chi connectivity index (χ0) is 16.9. The number of rotatable bonds is 4. The number of carbonyl (C=O) groups excluding carboxylic acids is 1. The van der Waals surface area contributed by atoms with Gasteiger partial charge in [-0.15, -0.1) is 0 Å². The van der Waals surface area contributed by atoms with Gasteiger partial charge in [-0.25, -0.2) is 4.79 Å². The molecule has 128 valence electrons. The van der Waals surface area contributed by atoms with Gasteiger partial charge in [0.15, 0.2) is 0 Å². The summed E-state index contributed by atoms with van der Waals surface area (Å²) in [5.74, 6) is -1.25. The van der Waals surface area contributed by atoms with Crippen molar-refractivity contribution in [3.63, 3.8) is 0 Å². The fraction of sp³-hybridized carbons (Fsp3) is 0.562. The van der Waals surface area contributed by atoms with E-state index in [0.29, 0.717) is 12.8 Å². The van der Waals surface area contributed by atoms with Crippen LogP contribution in [0.1, 0.15) is 36.8 Å².